The van der Waals surface area contributed by atoms with Crippen LogP contribution in [-0.4, -0.2) is 52.1 Å². The summed E-state index contributed by atoms with van der Waals surface area (Å²) in [7, 11) is 2.89. The number of hydrogen-bond acceptors (Lipinski definition) is 7. The molecule has 1 N–H and O–H groups in total. The summed E-state index contributed by atoms with van der Waals surface area (Å²) in [6, 6.07) is 4.90. The number of fused-ring (bicyclic) bond motifs is 1. The number of amides is 1. The van der Waals surface area contributed by atoms with Crippen LogP contribution < -0.4 is 10.2 Å². The lowest BCUT2D eigenvalue weighted by Crippen LogP contribution is -2.35. The number of imidazole rings is 1. The summed E-state index contributed by atoms with van der Waals surface area (Å²) in [6.45, 7) is 0.722. The van der Waals surface area contributed by atoms with E-state index >= 15 is 0 Å². The Morgan fingerprint density at radius 3 is 2.34 bits per heavy atom. The lowest BCUT2D eigenvalue weighted by molar-refractivity contribution is -0.137. The fourth-order valence-corrected chi connectivity index (χ4v) is 5.62. The molecule has 0 bridgehead atoms. The second kappa shape index (κ2) is 12.0. The first-order valence-corrected chi connectivity index (χ1v) is 14.2. The quantitative estimate of drug-likeness (QED) is 0.322. The molecule has 0 aliphatic heterocycles. The molecule has 41 heavy (non-hydrogen) atoms. The van der Waals surface area contributed by atoms with Crippen LogP contribution in [0.25, 0.3) is 11.2 Å². The predicted octanol–water partition coefficient (Wildman–Crippen LogP) is 5.83. The number of anilines is 2. The first-order valence-electron chi connectivity index (χ1n) is 14.2. The molecular formula is C29H35F3N6O3. The third-order valence-corrected chi connectivity index (χ3v) is 8.23. The van der Waals surface area contributed by atoms with E-state index in [2.05, 4.69) is 20.3 Å². The molecule has 1 amide bonds. The summed E-state index contributed by atoms with van der Waals surface area (Å²) in [4.78, 5) is 41.0. The Morgan fingerprint density at radius 1 is 1.02 bits per heavy atom. The first kappa shape index (κ1) is 28.8. The lowest BCUT2D eigenvalue weighted by atomic mass is 9.83. The average molecular weight is 573 g/mol. The van der Waals surface area contributed by atoms with Gasteiger partial charge in [-0.2, -0.15) is 18.2 Å². The van der Waals surface area contributed by atoms with Gasteiger partial charge in [0.1, 0.15) is 5.52 Å². The fraction of sp³-hybridized carbons (Fsp3) is 0.552. The highest BCUT2D eigenvalue weighted by Gasteiger charge is 2.32. The van der Waals surface area contributed by atoms with Gasteiger partial charge in [0.05, 0.1) is 19.2 Å². The number of hydrogen-bond donors (Lipinski definition) is 1. The van der Waals surface area contributed by atoms with E-state index in [1.165, 1.54) is 43.4 Å². The number of methoxy groups -OCH3 is 1. The van der Waals surface area contributed by atoms with Gasteiger partial charge in [0, 0.05) is 19.5 Å². The smallest absolute Gasteiger partial charge is 0.416 e. The molecule has 0 atom stereocenters. The summed E-state index contributed by atoms with van der Waals surface area (Å²) in [6.07, 6.45) is 4.71. The Balaban J connectivity index is 1.58. The Hall–Kier alpha value is -3.70. The van der Waals surface area contributed by atoms with E-state index in [4.69, 9.17) is 4.74 Å². The summed E-state index contributed by atoms with van der Waals surface area (Å²) in [5, 5.41) is 3.33. The zero-order valence-electron chi connectivity index (χ0n) is 23.3. The number of nitrogens with zero attached hydrogens (tertiary/aromatic N) is 5. The van der Waals surface area contributed by atoms with E-state index in [-0.39, 0.29) is 35.8 Å². The summed E-state index contributed by atoms with van der Waals surface area (Å²) in [5.41, 5.74) is 0.488. The van der Waals surface area contributed by atoms with Crippen LogP contribution in [0.3, 0.4) is 0 Å². The van der Waals surface area contributed by atoms with Gasteiger partial charge in [-0.15, -0.1) is 0 Å². The van der Waals surface area contributed by atoms with Crippen molar-refractivity contribution in [3.8, 4) is 0 Å². The molecule has 2 aromatic heterocycles. The average Bonchev–Trinajstić information content (AvgIpc) is 3.31. The SMILES string of the molecule is COC(=O)c1nc(NCCC2CCC2)c2c(n1)nc(N(C)C(=O)C1CCCCC1)n2Cc1ccc(C(F)(F)F)cc1. The van der Waals surface area contributed by atoms with Crippen molar-refractivity contribution in [2.24, 2.45) is 11.8 Å². The number of halogens is 3. The van der Waals surface area contributed by atoms with Gasteiger partial charge in [-0.1, -0.05) is 50.7 Å². The largest absolute Gasteiger partial charge is 0.463 e. The van der Waals surface area contributed by atoms with Crippen molar-refractivity contribution in [1.82, 2.24) is 19.5 Å². The van der Waals surface area contributed by atoms with Crippen molar-refractivity contribution in [2.75, 3.05) is 30.9 Å². The van der Waals surface area contributed by atoms with E-state index in [0.29, 0.717) is 29.4 Å². The Kier molecular flexibility index (Phi) is 8.46. The maximum absolute atomic E-state index is 13.5. The van der Waals surface area contributed by atoms with Gasteiger partial charge in [0.25, 0.3) is 0 Å². The highest BCUT2D eigenvalue weighted by molar-refractivity contribution is 5.97. The van der Waals surface area contributed by atoms with E-state index in [0.717, 1.165) is 50.7 Å². The molecule has 2 fully saturated rings. The van der Waals surface area contributed by atoms with Gasteiger partial charge in [0.15, 0.2) is 11.5 Å². The zero-order chi connectivity index (χ0) is 29.1. The third-order valence-electron chi connectivity index (χ3n) is 8.23. The van der Waals surface area contributed by atoms with Crippen molar-refractivity contribution in [1.29, 1.82) is 0 Å². The lowest BCUT2D eigenvalue weighted by Gasteiger charge is -2.26. The topological polar surface area (TPSA) is 102 Å². The molecule has 2 aliphatic rings. The van der Waals surface area contributed by atoms with E-state index in [1.807, 2.05) is 0 Å². The van der Waals surface area contributed by atoms with Crippen LogP contribution in [0.4, 0.5) is 24.9 Å². The van der Waals surface area contributed by atoms with Crippen molar-refractivity contribution >= 4 is 34.8 Å². The molecule has 2 saturated carbocycles. The van der Waals surface area contributed by atoms with Crippen molar-refractivity contribution in [3.63, 3.8) is 0 Å². The van der Waals surface area contributed by atoms with Crippen LogP contribution >= 0.6 is 0 Å². The summed E-state index contributed by atoms with van der Waals surface area (Å²) < 4.78 is 46.2. The van der Waals surface area contributed by atoms with Gasteiger partial charge in [0.2, 0.25) is 17.7 Å². The minimum absolute atomic E-state index is 0.0747. The Bertz CT molecular complexity index is 1400. The number of esters is 1. The molecule has 0 spiro atoms. The van der Waals surface area contributed by atoms with Crippen molar-refractivity contribution in [3.05, 3.63) is 41.2 Å². The first-order chi connectivity index (χ1) is 19.7. The fourth-order valence-electron chi connectivity index (χ4n) is 5.62. The third kappa shape index (κ3) is 6.31. The molecule has 12 heteroatoms. The van der Waals surface area contributed by atoms with Gasteiger partial charge >= 0.3 is 12.1 Å². The summed E-state index contributed by atoms with van der Waals surface area (Å²) >= 11 is 0. The number of carbonyl (C=O) groups excluding carboxylic acids is 2. The number of ether oxygens (including phenoxy) is 1. The van der Waals surface area contributed by atoms with E-state index < -0.39 is 17.7 Å². The standard InChI is InChI=1S/C29H35F3N6O3/c1-37(26(39)20-9-4-3-5-10-20)28-36-24-22(38(28)17-19-11-13-21(14-12-19)29(30,31)32)23(33-16-15-18-7-6-8-18)34-25(35-24)27(40)41-2/h11-14,18,20H,3-10,15-17H2,1-2H3,(H,33,34,35). The van der Waals surface area contributed by atoms with Crippen molar-refractivity contribution < 1.29 is 27.5 Å². The second-order valence-electron chi connectivity index (χ2n) is 11.0. The van der Waals surface area contributed by atoms with Crippen LogP contribution in [0, 0.1) is 11.8 Å². The molecule has 5 rings (SSSR count). The predicted molar refractivity (Wildman–Crippen MR) is 148 cm³/mol. The monoisotopic (exact) mass is 572 g/mol. The Labute approximate surface area is 236 Å². The van der Waals surface area contributed by atoms with E-state index in [1.54, 1.807) is 11.6 Å². The maximum Gasteiger partial charge on any atom is 0.416 e. The molecule has 0 saturated heterocycles. The van der Waals surface area contributed by atoms with Crippen molar-refractivity contribution in [2.45, 2.75) is 70.5 Å². The number of aromatic nitrogens is 4. The molecule has 0 unspecified atom stereocenters. The van der Waals surface area contributed by atoms with E-state index in [9.17, 15) is 22.8 Å². The van der Waals surface area contributed by atoms with Crippen LogP contribution in [0.5, 0.6) is 0 Å². The Morgan fingerprint density at radius 2 is 1.73 bits per heavy atom. The molecule has 2 heterocycles. The molecule has 9 nitrogen and oxygen atoms in total. The van der Waals surface area contributed by atoms with Crippen LogP contribution in [-0.2, 0) is 22.3 Å². The van der Waals surface area contributed by atoms with Gasteiger partial charge < -0.3 is 14.6 Å². The maximum atomic E-state index is 13.5. The van der Waals surface area contributed by atoms with Gasteiger partial charge in [-0.25, -0.2) is 14.8 Å². The summed E-state index contributed by atoms with van der Waals surface area (Å²) in [5.74, 6) is 0.177. The number of rotatable bonds is 9. The zero-order valence-corrected chi connectivity index (χ0v) is 23.3. The molecule has 0 radical (unpaired) electrons. The molecule has 2 aliphatic carbocycles. The molecule has 3 aromatic rings. The highest BCUT2D eigenvalue weighted by Crippen LogP contribution is 2.33. The highest BCUT2D eigenvalue weighted by atomic mass is 19.4. The number of alkyl halides is 3. The number of benzene rings is 1. The molecular weight excluding hydrogens is 537 g/mol. The normalized spacial score (nSPS) is 16.4. The molecule has 220 valence electrons. The van der Waals surface area contributed by atoms with Crippen LogP contribution in [0.2, 0.25) is 0 Å². The van der Waals surface area contributed by atoms with Gasteiger partial charge in [-0.3, -0.25) is 9.69 Å². The number of nitrogens with one attached hydrogen (secondary N) is 1. The van der Waals surface area contributed by atoms with Crippen LogP contribution in [0.15, 0.2) is 24.3 Å². The van der Waals surface area contributed by atoms with Crippen LogP contribution in [0.1, 0.15) is 79.5 Å². The second-order valence-corrected chi connectivity index (χ2v) is 11.0. The minimum atomic E-state index is -4.45. The molecule has 1 aromatic carbocycles. The number of carbonyl (C=O) groups is 2. The van der Waals surface area contributed by atoms with Gasteiger partial charge in [-0.05, 0) is 42.9 Å². The minimum Gasteiger partial charge on any atom is -0.463 e.